The number of halogens is 2. The Balaban J connectivity index is 1.77. The molecule has 0 radical (unpaired) electrons. The van der Waals surface area contributed by atoms with Gasteiger partial charge in [0.25, 0.3) is 5.91 Å². The largest absolute Gasteiger partial charge is 0.453 e. The van der Waals surface area contributed by atoms with E-state index in [9.17, 15) is 14.7 Å². The molecule has 0 saturated carbocycles. The predicted molar refractivity (Wildman–Crippen MR) is 112 cm³/mol. The van der Waals surface area contributed by atoms with Gasteiger partial charge in [-0.25, -0.2) is 4.79 Å². The van der Waals surface area contributed by atoms with Crippen LogP contribution in [0, 0.1) is 0 Å². The Morgan fingerprint density at radius 3 is 1.97 bits per heavy atom. The number of carbonyl (C=O) groups excluding carboxylic acids is 2. The van der Waals surface area contributed by atoms with Gasteiger partial charge in [-0.15, -0.1) is 0 Å². The maximum absolute atomic E-state index is 12.8. The molecule has 3 aromatic rings. The summed E-state index contributed by atoms with van der Waals surface area (Å²) in [6.07, 6.45) is 0. The molecule has 7 heteroatoms. The Labute approximate surface area is 177 Å². The van der Waals surface area contributed by atoms with Crippen LogP contribution in [-0.2, 0) is 19.9 Å². The van der Waals surface area contributed by atoms with Crippen molar-refractivity contribution in [2.75, 3.05) is 11.9 Å². The van der Waals surface area contributed by atoms with E-state index in [1.165, 1.54) is 0 Å². The molecular weight excluding hydrogens is 413 g/mol. The van der Waals surface area contributed by atoms with Crippen LogP contribution in [-0.4, -0.2) is 23.6 Å². The number of anilines is 1. The Bertz CT molecular complexity index is 970. The third-order valence-electron chi connectivity index (χ3n) is 4.24. The second-order valence-electron chi connectivity index (χ2n) is 6.17. The van der Waals surface area contributed by atoms with Crippen LogP contribution in [0.4, 0.5) is 5.69 Å². The Morgan fingerprint density at radius 1 is 0.862 bits per heavy atom. The number of aliphatic hydroxyl groups is 1. The molecule has 0 heterocycles. The minimum Gasteiger partial charge on any atom is -0.453 e. The van der Waals surface area contributed by atoms with Gasteiger partial charge in [-0.05, 0) is 23.3 Å². The number of nitrogens with one attached hydrogen (secondary N) is 1. The number of amides is 1. The fourth-order valence-corrected chi connectivity index (χ4v) is 3.13. The summed E-state index contributed by atoms with van der Waals surface area (Å²) in [5.41, 5.74) is -1.11. The van der Waals surface area contributed by atoms with Crippen LogP contribution in [0.15, 0.2) is 78.9 Å². The summed E-state index contributed by atoms with van der Waals surface area (Å²) in [7, 11) is 0. The lowest BCUT2D eigenvalue weighted by molar-refractivity contribution is -0.163. The minimum absolute atomic E-state index is 0.180. The van der Waals surface area contributed by atoms with Gasteiger partial charge in [-0.1, -0.05) is 89.9 Å². The molecule has 0 unspecified atom stereocenters. The van der Waals surface area contributed by atoms with E-state index in [0.717, 1.165) is 0 Å². The van der Waals surface area contributed by atoms with E-state index in [-0.39, 0.29) is 10.0 Å². The topological polar surface area (TPSA) is 75.6 Å². The van der Waals surface area contributed by atoms with Crippen molar-refractivity contribution < 1.29 is 19.4 Å². The average molecular weight is 430 g/mol. The van der Waals surface area contributed by atoms with Gasteiger partial charge in [0.2, 0.25) is 5.60 Å². The van der Waals surface area contributed by atoms with Gasteiger partial charge in [0, 0.05) is 0 Å². The molecular formula is C22H17Cl2NO4. The normalized spacial score (nSPS) is 11.0. The molecule has 0 atom stereocenters. The number of hydrogen-bond acceptors (Lipinski definition) is 4. The number of carbonyl (C=O) groups is 2. The van der Waals surface area contributed by atoms with Crippen LogP contribution in [0.1, 0.15) is 11.1 Å². The van der Waals surface area contributed by atoms with Crippen LogP contribution in [0.5, 0.6) is 0 Å². The van der Waals surface area contributed by atoms with Crippen molar-refractivity contribution in [1.82, 2.24) is 0 Å². The van der Waals surface area contributed by atoms with Crippen LogP contribution < -0.4 is 5.32 Å². The average Bonchev–Trinajstić information content (AvgIpc) is 2.76. The van der Waals surface area contributed by atoms with Crippen molar-refractivity contribution in [3.8, 4) is 0 Å². The van der Waals surface area contributed by atoms with E-state index in [0.29, 0.717) is 16.8 Å². The van der Waals surface area contributed by atoms with E-state index >= 15 is 0 Å². The third kappa shape index (κ3) is 4.59. The van der Waals surface area contributed by atoms with Crippen molar-refractivity contribution in [3.05, 3.63) is 100 Å². The van der Waals surface area contributed by atoms with Gasteiger partial charge in [0.1, 0.15) is 0 Å². The maximum Gasteiger partial charge on any atom is 0.348 e. The summed E-state index contributed by atoms with van der Waals surface area (Å²) in [5, 5.41) is 14.2. The molecule has 0 aliphatic carbocycles. The van der Waals surface area contributed by atoms with E-state index in [1.54, 1.807) is 78.9 Å². The van der Waals surface area contributed by atoms with Crippen molar-refractivity contribution in [2.45, 2.75) is 5.60 Å². The minimum atomic E-state index is -2.06. The van der Waals surface area contributed by atoms with Crippen molar-refractivity contribution in [1.29, 1.82) is 0 Å². The highest BCUT2D eigenvalue weighted by molar-refractivity contribution is 6.44. The highest BCUT2D eigenvalue weighted by Crippen LogP contribution is 2.31. The molecule has 148 valence electrons. The first-order valence-corrected chi connectivity index (χ1v) is 9.43. The lowest BCUT2D eigenvalue weighted by atomic mass is 9.86. The van der Waals surface area contributed by atoms with Crippen LogP contribution in [0.3, 0.4) is 0 Å². The second kappa shape index (κ2) is 9.09. The van der Waals surface area contributed by atoms with Crippen LogP contribution in [0.25, 0.3) is 0 Å². The number of ether oxygens (including phenoxy) is 1. The van der Waals surface area contributed by atoms with Crippen molar-refractivity contribution in [3.63, 3.8) is 0 Å². The van der Waals surface area contributed by atoms with Crippen LogP contribution in [0.2, 0.25) is 10.0 Å². The predicted octanol–water partition coefficient (Wildman–Crippen LogP) is 4.41. The first kappa shape index (κ1) is 20.9. The molecule has 3 aromatic carbocycles. The molecule has 29 heavy (non-hydrogen) atoms. The van der Waals surface area contributed by atoms with Gasteiger partial charge >= 0.3 is 5.97 Å². The highest BCUT2D eigenvalue weighted by Gasteiger charge is 2.41. The molecule has 5 nitrogen and oxygen atoms in total. The summed E-state index contributed by atoms with van der Waals surface area (Å²) in [6, 6.07) is 21.5. The van der Waals surface area contributed by atoms with Gasteiger partial charge < -0.3 is 15.2 Å². The first-order valence-electron chi connectivity index (χ1n) is 8.67. The molecule has 0 aliphatic rings. The lowest BCUT2D eigenvalue weighted by Crippen LogP contribution is -2.39. The smallest absolute Gasteiger partial charge is 0.348 e. The van der Waals surface area contributed by atoms with Crippen molar-refractivity contribution >= 4 is 40.8 Å². The summed E-state index contributed by atoms with van der Waals surface area (Å²) in [4.78, 5) is 25.1. The van der Waals surface area contributed by atoms with Gasteiger partial charge in [0.05, 0.1) is 15.7 Å². The molecule has 2 N–H and O–H groups in total. The number of hydrogen-bond donors (Lipinski definition) is 2. The Kier molecular flexibility index (Phi) is 6.54. The Morgan fingerprint density at radius 2 is 1.41 bits per heavy atom. The molecule has 0 saturated heterocycles. The number of benzene rings is 3. The molecule has 0 spiro atoms. The summed E-state index contributed by atoms with van der Waals surface area (Å²) >= 11 is 12.0. The standard InChI is InChI=1S/C22H17Cl2NO4/c23-17-12-7-13-18(20(17)24)25-19(26)14-29-21(27)22(28,15-8-3-1-4-9-15)16-10-5-2-6-11-16/h1-13,28H,14H2,(H,25,26). The molecule has 0 aromatic heterocycles. The van der Waals surface area contributed by atoms with E-state index in [4.69, 9.17) is 27.9 Å². The molecule has 0 fully saturated rings. The van der Waals surface area contributed by atoms with E-state index in [2.05, 4.69) is 5.32 Å². The van der Waals surface area contributed by atoms with Gasteiger partial charge in [-0.3, -0.25) is 4.79 Å². The summed E-state index contributed by atoms with van der Waals surface area (Å²) < 4.78 is 5.14. The Hall–Kier alpha value is -2.86. The van der Waals surface area contributed by atoms with Gasteiger partial charge in [0.15, 0.2) is 6.61 Å². The zero-order valence-corrected chi connectivity index (χ0v) is 16.7. The fourth-order valence-electron chi connectivity index (χ4n) is 2.78. The zero-order chi connectivity index (χ0) is 20.9. The summed E-state index contributed by atoms with van der Waals surface area (Å²) in [6.45, 7) is -0.607. The summed E-state index contributed by atoms with van der Waals surface area (Å²) in [5.74, 6) is -1.59. The van der Waals surface area contributed by atoms with Crippen LogP contribution >= 0.6 is 23.2 Å². The molecule has 1 amide bonds. The lowest BCUT2D eigenvalue weighted by Gasteiger charge is -2.27. The zero-order valence-electron chi connectivity index (χ0n) is 15.1. The number of rotatable bonds is 6. The number of esters is 1. The third-order valence-corrected chi connectivity index (χ3v) is 5.06. The maximum atomic E-state index is 12.8. The fraction of sp³-hybridized carbons (Fsp3) is 0.0909. The van der Waals surface area contributed by atoms with E-state index in [1.807, 2.05) is 0 Å². The van der Waals surface area contributed by atoms with Gasteiger partial charge in [-0.2, -0.15) is 0 Å². The highest BCUT2D eigenvalue weighted by atomic mass is 35.5. The molecule has 0 bridgehead atoms. The van der Waals surface area contributed by atoms with Crippen molar-refractivity contribution in [2.24, 2.45) is 0 Å². The van der Waals surface area contributed by atoms with E-state index < -0.39 is 24.1 Å². The second-order valence-corrected chi connectivity index (χ2v) is 6.95. The first-order chi connectivity index (χ1) is 13.9. The monoisotopic (exact) mass is 429 g/mol. The molecule has 3 rings (SSSR count). The SMILES string of the molecule is O=C(COC(=O)C(O)(c1ccccc1)c1ccccc1)Nc1cccc(Cl)c1Cl. The molecule has 0 aliphatic heterocycles. The quantitative estimate of drug-likeness (QED) is 0.568.